The maximum absolute atomic E-state index is 13.2. The van der Waals surface area contributed by atoms with E-state index in [0.29, 0.717) is 25.6 Å². The normalized spacial score (nSPS) is 12.3. The van der Waals surface area contributed by atoms with E-state index in [1.807, 2.05) is 0 Å². The van der Waals surface area contributed by atoms with Gasteiger partial charge in [0.15, 0.2) is 13.6 Å². The molecule has 0 saturated heterocycles. The minimum Gasteiger partial charge on any atom is -0.462 e. The van der Waals surface area contributed by atoms with Gasteiger partial charge in [0.2, 0.25) is 0 Å². The minimum atomic E-state index is -0.612. The zero-order valence-electron chi connectivity index (χ0n) is 36.7. The van der Waals surface area contributed by atoms with E-state index in [1.165, 1.54) is 32.4 Å². The van der Waals surface area contributed by atoms with Gasteiger partial charge in [-0.15, -0.1) is 0 Å². The van der Waals surface area contributed by atoms with Gasteiger partial charge in [0, 0.05) is 27.1 Å². The fourth-order valence-corrected chi connectivity index (χ4v) is 5.50. The zero-order valence-corrected chi connectivity index (χ0v) is 36.7. The van der Waals surface area contributed by atoms with Gasteiger partial charge in [-0.25, -0.2) is 14.4 Å². The molecule has 1 rings (SSSR count). The molecule has 0 saturated carbocycles. The van der Waals surface area contributed by atoms with Crippen LogP contribution in [0.4, 0.5) is 0 Å². The lowest BCUT2D eigenvalue weighted by molar-refractivity contribution is -0.167. The number of carbonyl (C=O) groups excluding carboxylic acids is 5. The van der Waals surface area contributed by atoms with Crippen molar-refractivity contribution >= 4 is 29.8 Å². The van der Waals surface area contributed by atoms with Gasteiger partial charge < -0.3 is 42.6 Å². The Morgan fingerprint density at radius 3 is 1.26 bits per heavy atom. The molecule has 0 aliphatic carbocycles. The Morgan fingerprint density at radius 2 is 0.879 bits per heavy atom. The molecule has 0 heterocycles. The third-order valence-corrected chi connectivity index (χ3v) is 9.45. The molecule has 0 radical (unpaired) electrons. The standard InChI is InChI=1S/C33H54O6.C11H20O8/c1-7-13-16-25(10-4)22-37-31(34)28-19-20-29(32(35)38-23-26(11-5)17-14-8-2)30(21-28)33(36)39-24-27(12-6)18-15-9-3;1-14-6-16-8-18-10(12)4-3-5-11(13)19-9-17-7-15-2/h19-21,25-27H,7-18,22-24H2,1-6H3;3-9H2,1-2H3. The molecule has 0 fully saturated rings. The number of hydrogen-bond donors (Lipinski definition) is 0. The zero-order chi connectivity index (χ0) is 43.4. The number of hydrogen-bond acceptors (Lipinski definition) is 14. The molecule has 3 atom stereocenters. The van der Waals surface area contributed by atoms with Crippen molar-refractivity contribution in [1.82, 2.24) is 0 Å². The van der Waals surface area contributed by atoms with Crippen LogP contribution in [0.2, 0.25) is 0 Å². The monoisotopic (exact) mass is 827 g/mol. The average Bonchev–Trinajstić information content (AvgIpc) is 3.23. The topological polar surface area (TPSA) is 168 Å². The Balaban J connectivity index is 0.00000143. The SMILES string of the molecule is CCCCC(CC)COC(=O)c1ccc(C(=O)OCC(CC)CCCC)c(C(=O)OCC(CC)CCCC)c1.COCOCOC(=O)CCCC(=O)OCOCOC. The molecule has 58 heavy (non-hydrogen) atoms. The van der Waals surface area contributed by atoms with Crippen molar-refractivity contribution in [2.45, 2.75) is 138 Å². The van der Waals surface area contributed by atoms with E-state index in [1.54, 1.807) is 0 Å². The first kappa shape index (κ1) is 54.4. The molecule has 3 unspecified atom stereocenters. The van der Waals surface area contributed by atoms with Crippen molar-refractivity contribution < 1.29 is 66.6 Å². The molecule has 334 valence electrons. The van der Waals surface area contributed by atoms with Crippen LogP contribution in [0.25, 0.3) is 0 Å². The van der Waals surface area contributed by atoms with Crippen molar-refractivity contribution in [1.29, 1.82) is 0 Å². The van der Waals surface area contributed by atoms with E-state index in [2.05, 4.69) is 51.0 Å². The Kier molecular flexibility index (Phi) is 34.2. The van der Waals surface area contributed by atoms with Crippen LogP contribution in [-0.4, -0.2) is 91.1 Å². The van der Waals surface area contributed by atoms with Crippen molar-refractivity contribution in [3.8, 4) is 0 Å². The lowest BCUT2D eigenvalue weighted by Gasteiger charge is -2.18. The van der Waals surface area contributed by atoms with Crippen molar-refractivity contribution in [2.24, 2.45) is 17.8 Å². The lowest BCUT2D eigenvalue weighted by Crippen LogP contribution is -2.20. The number of benzene rings is 1. The van der Waals surface area contributed by atoms with E-state index in [9.17, 15) is 24.0 Å². The summed E-state index contributed by atoms with van der Waals surface area (Å²) in [5.74, 6) is -1.73. The third-order valence-electron chi connectivity index (χ3n) is 9.45. The molecule has 0 spiro atoms. The van der Waals surface area contributed by atoms with Gasteiger partial charge in [-0.05, 0) is 61.6 Å². The Labute approximate surface area is 347 Å². The highest BCUT2D eigenvalue weighted by atomic mass is 16.7. The second-order valence-corrected chi connectivity index (χ2v) is 14.1. The maximum atomic E-state index is 13.2. The second-order valence-electron chi connectivity index (χ2n) is 14.1. The minimum absolute atomic E-state index is 0.0550. The van der Waals surface area contributed by atoms with Crippen LogP contribution in [0.3, 0.4) is 0 Å². The van der Waals surface area contributed by atoms with Crippen molar-refractivity contribution in [3.05, 3.63) is 34.9 Å². The van der Waals surface area contributed by atoms with Crippen LogP contribution >= 0.6 is 0 Å². The molecule has 14 heteroatoms. The number of rotatable bonds is 33. The molecule has 1 aromatic carbocycles. The smallest absolute Gasteiger partial charge is 0.339 e. The summed E-state index contributed by atoms with van der Waals surface area (Å²) in [5.41, 5.74) is 0.411. The van der Waals surface area contributed by atoms with Crippen LogP contribution in [0.5, 0.6) is 0 Å². The first-order valence-electron chi connectivity index (χ1n) is 21.1. The highest BCUT2D eigenvalue weighted by Gasteiger charge is 2.24. The molecule has 0 amide bonds. The van der Waals surface area contributed by atoms with Crippen LogP contribution in [0, 0.1) is 17.8 Å². The molecular weight excluding hydrogens is 752 g/mol. The summed E-state index contributed by atoms with van der Waals surface area (Å²) in [7, 11) is 2.92. The highest BCUT2D eigenvalue weighted by Crippen LogP contribution is 2.21. The van der Waals surface area contributed by atoms with Gasteiger partial charge in [0.25, 0.3) is 0 Å². The predicted octanol–water partition coefficient (Wildman–Crippen LogP) is 9.21. The Hall–Kier alpha value is -3.59. The summed E-state index contributed by atoms with van der Waals surface area (Å²) < 4.78 is 45.0. The molecule has 1 aromatic rings. The largest absolute Gasteiger partial charge is 0.462 e. The second kappa shape index (κ2) is 36.5. The van der Waals surface area contributed by atoms with Crippen molar-refractivity contribution in [2.75, 3.05) is 61.2 Å². The quantitative estimate of drug-likeness (QED) is 0.0284. The first-order chi connectivity index (χ1) is 28.0. The van der Waals surface area contributed by atoms with E-state index in [4.69, 9.17) is 33.2 Å². The maximum Gasteiger partial charge on any atom is 0.339 e. The van der Waals surface area contributed by atoms with Gasteiger partial charge in [-0.1, -0.05) is 99.3 Å². The predicted molar refractivity (Wildman–Crippen MR) is 219 cm³/mol. The summed E-state index contributed by atoms with van der Waals surface area (Å²) in [5, 5.41) is 0. The summed E-state index contributed by atoms with van der Waals surface area (Å²) >= 11 is 0. The number of unbranched alkanes of at least 4 members (excludes halogenated alkanes) is 3. The lowest BCUT2D eigenvalue weighted by atomic mass is 10.00. The number of ether oxygens (including phenoxy) is 9. The number of methoxy groups -OCH3 is 2. The van der Waals surface area contributed by atoms with E-state index in [0.717, 1.165) is 77.0 Å². The first-order valence-corrected chi connectivity index (χ1v) is 21.1. The average molecular weight is 827 g/mol. The molecule has 0 aromatic heterocycles. The number of esters is 5. The molecule has 14 nitrogen and oxygen atoms in total. The summed E-state index contributed by atoms with van der Waals surface area (Å²) in [4.78, 5) is 61.5. The highest BCUT2D eigenvalue weighted by molar-refractivity contribution is 6.05. The van der Waals surface area contributed by atoms with E-state index < -0.39 is 29.8 Å². The van der Waals surface area contributed by atoms with E-state index >= 15 is 0 Å². The summed E-state index contributed by atoms with van der Waals surface area (Å²) in [6, 6.07) is 4.45. The fourth-order valence-electron chi connectivity index (χ4n) is 5.50. The van der Waals surface area contributed by atoms with Gasteiger partial charge in [-0.3, -0.25) is 9.59 Å². The summed E-state index contributed by atoms with van der Waals surface area (Å²) in [6.45, 7) is 13.4. The molecule has 0 N–H and O–H groups in total. The fraction of sp³-hybridized carbons (Fsp3) is 0.750. The van der Waals surface area contributed by atoms with Gasteiger partial charge >= 0.3 is 29.8 Å². The molecule has 0 aliphatic rings. The Bertz CT molecular complexity index is 1230. The number of carbonyl (C=O) groups is 5. The third kappa shape index (κ3) is 26.4. The van der Waals surface area contributed by atoms with Crippen molar-refractivity contribution in [3.63, 3.8) is 0 Å². The van der Waals surface area contributed by atoms with E-state index in [-0.39, 0.29) is 75.1 Å². The molecule has 0 aliphatic heterocycles. The van der Waals surface area contributed by atoms with Crippen LogP contribution < -0.4 is 0 Å². The molecular formula is C44H74O14. The van der Waals surface area contributed by atoms with Gasteiger partial charge in [0.05, 0.1) is 36.5 Å². The Morgan fingerprint density at radius 1 is 0.483 bits per heavy atom. The van der Waals surface area contributed by atoms with Crippen LogP contribution in [0.15, 0.2) is 18.2 Å². The van der Waals surface area contributed by atoms with Gasteiger partial charge in [-0.2, -0.15) is 0 Å². The molecule has 0 bridgehead atoms. The van der Waals surface area contributed by atoms with Crippen LogP contribution in [-0.2, 0) is 52.2 Å². The van der Waals surface area contributed by atoms with Gasteiger partial charge in [0.1, 0.15) is 13.6 Å². The summed E-state index contributed by atoms with van der Waals surface area (Å²) in [6.07, 6.45) is 12.8. The van der Waals surface area contributed by atoms with Crippen LogP contribution in [0.1, 0.15) is 169 Å².